The summed E-state index contributed by atoms with van der Waals surface area (Å²) < 4.78 is -0.672. The maximum absolute atomic E-state index is 11.2. The van der Waals surface area contributed by atoms with Gasteiger partial charge < -0.3 is 5.11 Å². The molecule has 14 heavy (non-hydrogen) atoms. The maximum Gasteiger partial charge on any atom is 0.319 e. The summed E-state index contributed by atoms with van der Waals surface area (Å²) in [6.45, 7) is 12.1. The van der Waals surface area contributed by atoms with Gasteiger partial charge >= 0.3 is 5.97 Å². The van der Waals surface area contributed by atoms with E-state index in [0.717, 1.165) is 0 Å². The molecule has 0 amide bonds. The van der Waals surface area contributed by atoms with E-state index in [1.807, 2.05) is 6.92 Å². The zero-order chi connectivity index (χ0) is 11.6. The SMILES string of the molecule is CC(C)CC(C)(SC(C)(C)C)C(=O)O. The summed E-state index contributed by atoms with van der Waals surface area (Å²) in [5, 5.41) is 9.22. The smallest absolute Gasteiger partial charge is 0.319 e. The number of hydrogen-bond acceptors (Lipinski definition) is 2. The van der Waals surface area contributed by atoms with Gasteiger partial charge in [0.05, 0.1) is 0 Å². The van der Waals surface area contributed by atoms with Crippen LogP contribution in [0.1, 0.15) is 48.0 Å². The van der Waals surface area contributed by atoms with Crippen molar-refractivity contribution in [1.29, 1.82) is 0 Å². The molecule has 0 aliphatic heterocycles. The summed E-state index contributed by atoms with van der Waals surface area (Å²) in [5.41, 5.74) is 0. The van der Waals surface area contributed by atoms with Crippen molar-refractivity contribution < 1.29 is 9.90 Å². The number of thioether (sulfide) groups is 1. The van der Waals surface area contributed by atoms with Crippen molar-refractivity contribution >= 4 is 17.7 Å². The molecule has 0 heterocycles. The lowest BCUT2D eigenvalue weighted by atomic mass is 9.98. The van der Waals surface area contributed by atoms with Gasteiger partial charge in [0, 0.05) is 4.75 Å². The number of carboxylic acid groups (broad SMARTS) is 1. The van der Waals surface area contributed by atoms with Crippen LogP contribution in [0.5, 0.6) is 0 Å². The number of hydrogen-bond donors (Lipinski definition) is 1. The van der Waals surface area contributed by atoms with Crippen LogP contribution in [0.2, 0.25) is 0 Å². The Balaban J connectivity index is 4.65. The fourth-order valence-electron chi connectivity index (χ4n) is 1.63. The number of rotatable bonds is 4. The average Bonchev–Trinajstić information content (AvgIpc) is 1.79. The zero-order valence-electron chi connectivity index (χ0n) is 10.0. The molecule has 0 aliphatic rings. The quantitative estimate of drug-likeness (QED) is 0.785. The molecule has 0 fully saturated rings. The maximum atomic E-state index is 11.2. The molecule has 0 aromatic heterocycles. The van der Waals surface area contributed by atoms with E-state index in [4.69, 9.17) is 0 Å². The van der Waals surface area contributed by atoms with Crippen molar-refractivity contribution in [3.63, 3.8) is 0 Å². The van der Waals surface area contributed by atoms with Crippen LogP contribution in [0, 0.1) is 5.92 Å². The van der Waals surface area contributed by atoms with Crippen LogP contribution in [0.15, 0.2) is 0 Å². The van der Waals surface area contributed by atoms with Crippen LogP contribution >= 0.6 is 11.8 Å². The lowest BCUT2D eigenvalue weighted by Gasteiger charge is -2.32. The Labute approximate surface area is 91.5 Å². The zero-order valence-corrected chi connectivity index (χ0v) is 10.9. The molecule has 1 N–H and O–H groups in total. The van der Waals surface area contributed by atoms with Gasteiger partial charge in [-0.25, -0.2) is 0 Å². The predicted octanol–water partition coefficient (Wildman–Crippen LogP) is 3.41. The first-order valence-corrected chi connectivity index (χ1v) is 5.82. The highest BCUT2D eigenvalue weighted by atomic mass is 32.2. The predicted molar refractivity (Wildman–Crippen MR) is 62.8 cm³/mol. The van der Waals surface area contributed by atoms with Gasteiger partial charge in [0.2, 0.25) is 0 Å². The van der Waals surface area contributed by atoms with E-state index >= 15 is 0 Å². The molecule has 3 heteroatoms. The molecule has 84 valence electrons. The second kappa shape index (κ2) is 4.56. The highest BCUT2D eigenvalue weighted by Crippen LogP contribution is 2.40. The van der Waals surface area contributed by atoms with Crippen LogP contribution in [-0.4, -0.2) is 20.6 Å². The monoisotopic (exact) mass is 218 g/mol. The van der Waals surface area contributed by atoms with E-state index in [0.29, 0.717) is 12.3 Å². The first kappa shape index (κ1) is 13.8. The van der Waals surface area contributed by atoms with E-state index < -0.39 is 10.7 Å². The highest BCUT2D eigenvalue weighted by molar-refractivity contribution is 8.02. The fourth-order valence-corrected chi connectivity index (χ4v) is 3.48. The van der Waals surface area contributed by atoms with Crippen molar-refractivity contribution in [2.75, 3.05) is 0 Å². The summed E-state index contributed by atoms with van der Waals surface area (Å²) in [6, 6.07) is 0. The first-order valence-electron chi connectivity index (χ1n) is 5.00. The van der Waals surface area contributed by atoms with Crippen molar-refractivity contribution in [3.8, 4) is 0 Å². The van der Waals surface area contributed by atoms with Crippen molar-refractivity contribution in [1.82, 2.24) is 0 Å². The van der Waals surface area contributed by atoms with Gasteiger partial charge in [0.25, 0.3) is 0 Å². The van der Waals surface area contributed by atoms with E-state index in [2.05, 4.69) is 34.6 Å². The second-order valence-corrected chi connectivity index (χ2v) is 7.68. The van der Waals surface area contributed by atoms with E-state index in [9.17, 15) is 9.90 Å². The Morgan fingerprint density at radius 2 is 1.71 bits per heavy atom. The van der Waals surface area contributed by atoms with Crippen LogP contribution in [-0.2, 0) is 4.79 Å². The number of carbonyl (C=O) groups is 1. The lowest BCUT2D eigenvalue weighted by Crippen LogP contribution is -2.36. The third-order valence-corrected chi connectivity index (χ3v) is 3.19. The van der Waals surface area contributed by atoms with Crippen LogP contribution in [0.25, 0.3) is 0 Å². The highest BCUT2D eigenvalue weighted by Gasteiger charge is 2.38. The fraction of sp³-hybridized carbons (Fsp3) is 0.909. The Hall–Kier alpha value is -0.180. The molecule has 0 rings (SSSR count). The van der Waals surface area contributed by atoms with Crippen LogP contribution in [0.3, 0.4) is 0 Å². The van der Waals surface area contributed by atoms with Gasteiger partial charge in [0.15, 0.2) is 0 Å². The Bertz CT molecular complexity index is 206. The molecule has 1 unspecified atom stereocenters. The standard InChI is InChI=1S/C11H22O2S/c1-8(2)7-11(6,9(12)13)14-10(3,4)5/h8H,7H2,1-6H3,(H,12,13). The number of aliphatic carboxylic acids is 1. The molecule has 1 atom stereocenters. The van der Waals surface area contributed by atoms with Gasteiger partial charge in [-0.2, -0.15) is 0 Å². The van der Waals surface area contributed by atoms with Gasteiger partial charge in [0.1, 0.15) is 4.75 Å². The molecule has 0 aromatic carbocycles. The second-order valence-electron chi connectivity index (χ2n) is 5.35. The molecular weight excluding hydrogens is 196 g/mol. The molecule has 0 aromatic rings. The van der Waals surface area contributed by atoms with E-state index in [1.54, 1.807) is 11.8 Å². The van der Waals surface area contributed by atoms with E-state index in [-0.39, 0.29) is 4.75 Å². The molecule has 0 bridgehead atoms. The van der Waals surface area contributed by atoms with Crippen LogP contribution < -0.4 is 0 Å². The molecule has 0 spiro atoms. The first-order chi connectivity index (χ1) is 6.07. The molecule has 0 aliphatic carbocycles. The van der Waals surface area contributed by atoms with Crippen molar-refractivity contribution in [3.05, 3.63) is 0 Å². The van der Waals surface area contributed by atoms with Crippen molar-refractivity contribution in [2.24, 2.45) is 5.92 Å². The van der Waals surface area contributed by atoms with Crippen molar-refractivity contribution in [2.45, 2.75) is 57.5 Å². The third kappa shape index (κ3) is 4.89. The van der Waals surface area contributed by atoms with E-state index in [1.165, 1.54) is 0 Å². The van der Waals surface area contributed by atoms with Gasteiger partial charge in [-0.05, 0) is 19.3 Å². The van der Waals surface area contributed by atoms with Crippen LogP contribution in [0.4, 0.5) is 0 Å². The molecule has 2 nitrogen and oxygen atoms in total. The van der Waals surface area contributed by atoms with Gasteiger partial charge in [-0.15, -0.1) is 11.8 Å². The topological polar surface area (TPSA) is 37.3 Å². The van der Waals surface area contributed by atoms with Gasteiger partial charge in [-0.1, -0.05) is 34.6 Å². The Morgan fingerprint density at radius 3 is 1.93 bits per heavy atom. The normalized spacial score (nSPS) is 16.8. The minimum Gasteiger partial charge on any atom is -0.480 e. The summed E-state index contributed by atoms with van der Waals surface area (Å²) in [5.74, 6) is -0.294. The Morgan fingerprint density at radius 1 is 1.29 bits per heavy atom. The minimum atomic E-state index is -0.703. The summed E-state index contributed by atoms with van der Waals surface area (Å²) in [4.78, 5) is 11.2. The summed E-state index contributed by atoms with van der Waals surface area (Å²) >= 11 is 1.54. The molecule has 0 radical (unpaired) electrons. The number of carboxylic acids is 1. The van der Waals surface area contributed by atoms with Gasteiger partial charge in [-0.3, -0.25) is 4.79 Å². The summed E-state index contributed by atoms with van der Waals surface area (Å²) in [6.07, 6.45) is 0.713. The molecular formula is C11H22O2S. The molecule has 0 saturated carbocycles. The Kier molecular flexibility index (Phi) is 4.50. The molecule has 0 saturated heterocycles. The largest absolute Gasteiger partial charge is 0.480 e. The third-order valence-electron chi connectivity index (χ3n) is 1.78. The lowest BCUT2D eigenvalue weighted by molar-refractivity contribution is -0.139. The average molecular weight is 218 g/mol. The minimum absolute atomic E-state index is 0.0119. The summed E-state index contributed by atoms with van der Waals surface area (Å²) in [7, 11) is 0.